The zero-order valence-corrected chi connectivity index (χ0v) is 11.5. The number of nitrogen functional groups attached to an aromatic ring is 1. The predicted molar refractivity (Wildman–Crippen MR) is 74.0 cm³/mol. The molecule has 0 aliphatic carbocycles. The van der Waals surface area contributed by atoms with E-state index in [9.17, 15) is 4.79 Å². The summed E-state index contributed by atoms with van der Waals surface area (Å²) >= 11 is 0. The summed E-state index contributed by atoms with van der Waals surface area (Å²) in [5.41, 5.74) is 2.58. The molecule has 0 aromatic carbocycles. The van der Waals surface area contributed by atoms with Crippen molar-refractivity contribution >= 4 is 11.7 Å². The molecule has 0 radical (unpaired) electrons. The van der Waals surface area contributed by atoms with Gasteiger partial charge in [-0.3, -0.25) is 14.7 Å². The maximum absolute atomic E-state index is 12.0. The summed E-state index contributed by atoms with van der Waals surface area (Å²) in [7, 11) is 0. The molecule has 4 N–H and O–H groups in total. The van der Waals surface area contributed by atoms with Crippen LogP contribution >= 0.6 is 0 Å². The minimum atomic E-state index is -0.285. The number of hydrazine groups is 1. The van der Waals surface area contributed by atoms with Crippen LogP contribution in [0.15, 0.2) is 12.4 Å². The summed E-state index contributed by atoms with van der Waals surface area (Å²) in [6.45, 7) is 6.02. The molecule has 1 aromatic rings. The van der Waals surface area contributed by atoms with Crippen molar-refractivity contribution in [3.63, 3.8) is 0 Å². The summed E-state index contributed by atoms with van der Waals surface area (Å²) in [5, 5.41) is 2.80. The minimum absolute atomic E-state index is 0.0106. The largest absolute Gasteiger partial charge is 0.374 e. The second-order valence-electron chi connectivity index (χ2n) is 4.53. The third kappa shape index (κ3) is 3.86. The van der Waals surface area contributed by atoms with E-state index < -0.39 is 0 Å². The molecule has 110 valence electrons. The lowest BCUT2D eigenvalue weighted by Gasteiger charge is -2.32. The van der Waals surface area contributed by atoms with Crippen LogP contribution in [-0.4, -0.2) is 59.7 Å². The van der Waals surface area contributed by atoms with Crippen LogP contribution in [0.4, 0.5) is 5.82 Å². The highest BCUT2D eigenvalue weighted by Crippen LogP contribution is 2.04. The number of amides is 1. The van der Waals surface area contributed by atoms with Gasteiger partial charge in [0.1, 0.15) is 5.69 Å². The van der Waals surface area contributed by atoms with Crippen LogP contribution in [0.3, 0.4) is 0 Å². The van der Waals surface area contributed by atoms with Gasteiger partial charge in [0.25, 0.3) is 5.91 Å². The number of aromatic nitrogens is 2. The minimum Gasteiger partial charge on any atom is -0.374 e. The average Bonchev–Trinajstić information content (AvgIpc) is 2.52. The number of morpholine rings is 1. The number of ether oxygens (including phenoxy) is 1. The Kier molecular flexibility index (Phi) is 5.22. The molecule has 1 saturated heterocycles. The van der Waals surface area contributed by atoms with E-state index in [1.807, 2.05) is 0 Å². The quantitative estimate of drug-likeness (QED) is 0.479. The first-order chi connectivity index (χ1) is 9.72. The number of likely N-dealkylation sites (N-methyl/N-ethyl adjacent to an activating group) is 1. The number of nitrogens with zero attached hydrogens (tertiary/aromatic N) is 3. The van der Waals surface area contributed by atoms with Crippen LogP contribution in [0.25, 0.3) is 0 Å². The molecule has 0 bridgehead atoms. The summed E-state index contributed by atoms with van der Waals surface area (Å²) in [5.74, 6) is 5.30. The van der Waals surface area contributed by atoms with E-state index in [-0.39, 0.29) is 17.7 Å². The highest BCUT2D eigenvalue weighted by molar-refractivity contribution is 5.92. The van der Waals surface area contributed by atoms with Crippen LogP contribution in [0.5, 0.6) is 0 Å². The molecule has 20 heavy (non-hydrogen) atoms. The summed E-state index contributed by atoms with van der Waals surface area (Å²) in [6.07, 6.45) is 2.85. The smallest absolute Gasteiger partial charge is 0.271 e. The van der Waals surface area contributed by atoms with Crippen molar-refractivity contribution in [2.24, 2.45) is 5.84 Å². The van der Waals surface area contributed by atoms with Gasteiger partial charge in [-0.15, -0.1) is 0 Å². The zero-order chi connectivity index (χ0) is 14.4. The number of anilines is 1. The number of rotatable bonds is 5. The van der Waals surface area contributed by atoms with Crippen molar-refractivity contribution in [1.29, 1.82) is 0 Å². The van der Waals surface area contributed by atoms with Gasteiger partial charge >= 0.3 is 0 Å². The van der Waals surface area contributed by atoms with Gasteiger partial charge in [0.15, 0.2) is 5.82 Å². The van der Waals surface area contributed by atoms with Crippen LogP contribution in [0.1, 0.15) is 17.4 Å². The monoisotopic (exact) mass is 280 g/mol. The fourth-order valence-electron chi connectivity index (χ4n) is 2.03. The van der Waals surface area contributed by atoms with E-state index in [1.54, 1.807) is 0 Å². The van der Waals surface area contributed by atoms with Crippen molar-refractivity contribution in [1.82, 2.24) is 20.2 Å². The first-order valence-corrected chi connectivity index (χ1v) is 6.63. The van der Waals surface area contributed by atoms with Gasteiger partial charge in [-0.2, -0.15) is 0 Å². The van der Waals surface area contributed by atoms with Crippen molar-refractivity contribution in [3.8, 4) is 0 Å². The van der Waals surface area contributed by atoms with Crippen LogP contribution in [0, 0.1) is 0 Å². The third-order valence-electron chi connectivity index (χ3n) is 3.18. The fourth-order valence-corrected chi connectivity index (χ4v) is 2.03. The maximum Gasteiger partial charge on any atom is 0.271 e. The van der Waals surface area contributed by atoms with E-state index >= 15 is 0 Å². The van der Waals surface area contributed by atoms with E-state index in [0.29, 0.717) is 19.0 Å². The molecule has 2 heterocycles. The van der Waals surface area contributed by atoms with Gasteiger partial charge in [0, 0.05) is 19.6 Å². The lowest BCUT2D eigenvalue weighted by molar-refractivity contribution is -0.0246. The molecule has 0 spiro atoms. The van der Waals surface area contributed by atoms with Gasteiger partial charge in [-0.1, -0.05) is 6.92 Å². The van der Waals surface area contributed by atoms with Crippen LogP contribution in [0.2, 0.25) is 0 Å². The highest BCUT2D eigenvalue weighted by Gasteiger charge is 2.20. The Balaban J connectivity index is 1.85. The SMILES string of the molecule is CCN1CCOC(CNC(=O)c2cncc(NN)n2)C1. The van der Waals surface area contributed by atoms with E-state index in [4.69, 9.17) is 10.6 Å². The lowest BCUT2D eigenvalue weighted by Crippen LogP contribution is -2.47. The standard InChI is InChI=1S/C12H20N6O2/c1-2-18-3-4-20-9(8-18)5-15-12(19)10-6-14-7-11(16-10)17-13/h6-7,9H,2-5,8,13H2,1H3,(H,15,19)(H,16,17). The van der Waals surface area contributed by atoms with Crippen molar-refractivity contribution in [2.75, 3.05) is 38.2 Å². The third-order valence-corrected chi connectivity index (χ3v) is 3.18. The number of carbonyl (C=O) groups is 1. The summed E-state index contributed by atoms with van der Waals surface area (Å²) < 4.78 is 5.62. The number of nitrogens with one attached hydrogen (secondary N) is 2. The topological polar surface area (TPSA) is 105 Å². The van der Waals surface area contributed by atoms with Gasteiger partial charge in [0.05, 0.1) is 25.1 Å². The Morgan fingerprint density at radius 1 is 1.60 bits per heavy atom. The fraction of sp³-hybridized carbons (Fsp3) is 0.583. The second kappa shape index (κ2) is 7.13. The van der Waals surface area contributed by atoms with Gasteiger partial charge in [0.2, 0.25) is 0 Å². The zero-order valence-electron chi connectivity index (χ0n) is 11.5. The molecule has 0 saturated carbocycles. The van der Waals surface area contributed by atoms with Crippen molar-refractivity contribution in [3.05, 3.63) is 18.1 Å². The molecule has 1 aliphatic rings. The first kappa shape index (κ1) is 14.6. The lowest BCUT2D eigenvalue weighted by atomic mass is 10.2. The molecule has 8 heteroatoms. The summed E-state index contributed by atoms with van der Waals surface area (Å²) in [6, 6.07) is 0. The van der Waals surface area contributed by atoms with Crippen molar-refractivity contribution in [2.45, 2.75) is 13.0 Å². The molecule has 1 atom stereocenters. The molecule has 1 amide bonds. The highest BCUT2D eigenvalue weighted by atomic mass is 16.5. The first-order valence-electron chi connectivity index (χ1n) is 6.63. The molecule has 1 unspecified atom stereocenters. The van der Waals surface area contributed by atoms with E-state index in [1.165, 1.54) is 12.4 Å². The number of hydrogen-bond donors (Lipinski definition) is 3. The van der Waals surface area contributed by atoms with E-state index in [0.717, 1.165) is 19.6 Å². The van der Waals surface area contributed by atoms with Crippen LogP contribution < -0.4 is 16.6 Å². The van der Waals surface area contributed by atoms with Gasteiger partial charge in [-0.25, -0.2) is 10.8 Å². The Labute approximate surface area is 117 Å². The van der Waals surface area contributed by atoms with Gasteiger partial charge in [-0.05, 0) is 6.54 Å². The molecular formula is C12H20N6O2. The Morgan fingerprint density at radius 2 is 2.45 bits per heavy atom. The number of nitrogens with two attached hydrogens (primary N) is 1. The molecule has 1 aromatic heterocycles. The maximum atomic E-state index is 12.0. The molecular weight excluding hydrogens is 260 g/mol. The predicted octanol–water partition coefficient (Wildman–Crippen LogP) is -0.787. The van der Waals surface area contributed by atoms with Crippen LogP contribution in [-0.2, 0) is 4.74 Å². The molecule has 1 fully saturated rings. The Hall–Kier alpha value is -1.77. The number of carbonyl (C=O) groups excluding carboxylic acids is 1. The Morgan fingerprint density at radius 3 is 3.20 bits per heavy atom. The van der Waals surface area contributed by atoms with Crippen molar-refractivity contribution < 1.29 is 9.53 Å². The second-order valence-corrected chi connectivity index (χ2v) is 4.53. The Bertz CT molecular complexity index is 455. The molecule has 8 nitrogen and oxygen atoms in total. The normalized spacial score (nSPS) is 19.6. The molecule has 2 rings (SSSR count). The number of hydrogen-bond acceptors (Lipinski definition) is 7. The van der Waals surface area contributed by atoms with Gasteiger partial charge < -0.3 is 15.5 Å². The van der Waals surface area contributed by atoms with E-state index in [2.05, 4.69) is 32.5 Å². The average molecular weight is 280 g/mol. The molecule has 1 aliphatic heterocycles. The summed E-state index contributed by atoms with van der Waals surface area (Å²) in [4.78, 5) is 22.2.